The Balaban J connectivity index is 2.16. The number of aryl methyl sites for hydroxylation is 2. The van der Waals surface area contributed by atoms with Gasteiger partial charge in [0.2, 0.25) is 5.78 Å². The van der Waals surface area contributed by atoms with Gasteiger partial charge >= 0.3 is 5.97 Å². The highest BCUT2D eigenvalue weighted by atomic mass is 16.6. The summed E-state index contributed by atoms with van der Waals surface area (Å²) in [6.45, 7) is 5.28. The maximum Gasteiger partial charge on any atom is 0.339 e. The Morgan fingerprint density at radius 3 is 2.32 bits per heavy atom. The molecule has 0 fully saturated rings. The summed E-state index contributed by atoms with van der Waals surface area (Å²) >= 11 is 0. The number of rotatable bonds is 5. The van der Waals surface area contributed by atoms with Crippen LogP contribution in [0.15, 0.2) is 36.4 Å². The lowest BCUT2D eigenvalue weighted by Gasteiger charge is -2.13. The molecule has 1 atom stereocenters. The van der Waals surface area contributed by atoms with Crippen LogP contribution in [-0.4, -0.2) is 22.8 Å². The second-order valence-electron chi connectivity index (χ2n) is 5.74. The Morgan fingerprint density at radius 1 is 1.08 bits per heavy atom. The van der Waals surface area contributed by atoms with E-state index in [9.17, 15) is 19.7 Å². The molecule has 7 nitrogen and oxygen atoms in total. The van der Waals surface area contributed by atoms with Crippen LogP contribution >= 0.6 is 0 Å². The van der Waals surface area contributed by atoms with E-state index in [1.165, 1.54) is 19.1 Å². The van der Waals surface area contributed by atoms with E-state index >= 15 is 0 Å². The van der Waals surface area contributed by atoms with E-state index < -0.39 is 17.0 Å². The number of hydrogen-bond donors (Lipinski definition) is 1. The predicted octanol–water partition coefficient (Wildman–Crippen LogP) is 3.22. The molecule has 2 N–H and O–H groups in total. The van der Waals surface area contributed by atoms with Crippen molar-refractivity contribution < 1.29 is 19.2 Å². The van der Waals surface area contributed by atoms with Gasteiger partial charge in [-0.2, -0.15) is 0 Å². The highest BCUT2D eigenvalue weighted by molar-refractivity contribution is 6.01. The molecule has 130 valence electrons. The number of hydrogen-bond acceptors (Lipinski definition) is 6. The monoisotopic (exact) mass is 342 g/mol. The van der Waals surface area contributed by atoms with Crippen molar-refractivity contribution in [3.63, 3.8) is 0 Å². The van der Waals surface area contributed by atoms with Crippen molar-refractivity contribution in [1.82, 2.24) is 0 Å². The van der Waals surface area contributed by atoms with Crippen molar-refractivity contribution in [2.24, 2.45) is 0 Å². The zero-order valence-corrected chi connectivity index (χ0v) is 14.1. The fraction of sp³-hybridized carbons (Fsp3) is 0.222. The number of nitro benzene ring substituents is 1. The number of anilines is 1. The van der Waals surface area contributed by atoms with Gasteiger partial charge < -0.3 is 10.5 Å². The first kappa shape index (κ1) is 18.1. The Bertz CT molecular complexity index is 861. The first-order valence-corrected chi connectivity index (χ1v) is 7.57. The van der Waals surface area contributed by atoms with Crippen molar-refractivity contribution >= 4 is 23.1 Å². The number of ether oxygens (including phenoxy) is 1. The highest BCUT2D eigenvalue weighted by Gasteiger charge is 2.22. The van der Waals surface area contributed by atoms with Crippen LogP contribution in [0.4, 0.5) is 11.4 Å². The minimum Gasteiger partial charge on any atom is -0.451 e. The van der Waals surface area contributed by atoms with Gasteiger partial charge in [0, 0.05) is 11.6 Å². The van der Waals surface area contributed by atoms with Crippen LogP contribution in [0.1, 0.15) is 38.8 Å². The van der Waals surface area contributed by atoms with Crippen molar-refractivity contribution in [3.8, 4) is 0 Å². The third-order valence-corrected chi connectivity index (χ3v) is 3.91. The van der Waals surface area contributed by atoms with E-state index in [-0.39, 0.29) is 22.7 Å². The summed E-state index contributed by atoms with van der Waals surface area (Å²) in [6.07, 6.45) is -1.02. The molecule has 0 aliphatic heterocycles. The SMILES string of the molecule is Cc1ccc(C(=O)C(C)OC(=O)c2ccc(N)c([N+](=O)[O-])c2)cc1C. The molecule has 0 aliphatic rings. The minimum atomic E-state index is -1.02. The van der Waals surface area contributed by atoms with Gasteiger partial charge in [-0.15, -0.1) is 0 Å². The van der Waals surface area contributed by atoms with E-state index in [2.05, 4.69) is 0 Å². The average molecular weight is 342 g/mol. The molecular formula is C18H18N2O5. The molecule has 0 amide bonds. The number of nitrogens with zero attached hydrogens (tertiary/aromatic N) is 1. The molecule has 2 aromatic rings. The Morgan fingerprint density at radius 2 is 1.72 bits per heavy atom. The Kier molecular flexibility index (Phi) is 5.17. The predicted molar refractivity (Wildman–Crippen MR) is 92.6 cm³/mol. The molecule has 0 heterocycles. The number of esters is 1. The van der Waals surface area contributed by atoms with Gasteiger partial charge in [0.1, 0.15) is 5.69 Å². The molecule has 0 aromatic heterocycles. The normalized spacial score (nSPS) is 11.6. The van der Waals surface area contributed by atoms with Gasteiger partial charge in [-0.25, -0.2) is 4.79 Å². The molecule has 0 radical (unpaired) electrons. The Labute approximate surface area is 144 Å². The van der Waals surface area contributed by atoms with Crippen LogP contribution < -0.4 is 5.73 Å². The molecule has 25 heavy (non-hydrogen) atoms. The van der Waals surface area contributed by atoms with Gasteiger partial charge in [0.15, 0.2) is 6.10 Å². The largest absolute Gasteiger partial charge is 0.451 e. The number of nitro groups is 1. The zero-order chi connectivity index (χ0) is 18.7. The summed E-state index contributed by atoms with van der Waals surface area (Å²) in [5.41, 5.74) is 7.46. The summed E-state index contributed by atoms with van der Waals surface area (Å²) in [4.78, 5) is 34.8. The first-order chi connectivity index (χ1) is 11.7. The maximum absolute atomic E-state index is 12.4. The lowest BCUT2D eigenvalue weighted by Crippen LogP contribution is -2.24. The molecule has 0 saturated heterocycles. The van der Waals surface area contributed by atoms with E-state index in [4.69, 9.17) is 10.5 Å². The Hall–Kier alpha value is -3.22. The molecule has 1 unspecified atom stereocenters. The quantitative estimate of drug-likeness (QED) is 0.293. The number of nitrogens with two attached hydrogens (primary N) is 1. The van der Waals surface area contributed by atoms with E-state index in [0.717, 1.165) is 17.2 Å². The minimum absolute atomic E-state index is 0.0411. The fourth-order valence-electron chi connectivity index (χ4n) is 2.24. The van der Waals surface area contributed by atoms with Crippen molar-refractivity contribution in [1.29, 1.82) is 0 Å². The van der Waals surface area contributed by atoms with E-state index in [1.807, 2.05) is 19.9 Å². The van der Waals surface area contributed by atoms with Gasteiger partial charge in [0.25, 0.3) is 5.69 Å². The standard InChI is InChI=1S/C18H18N2O5/c1-10-4-5-13(8-11(10)2)17(21)12(3)25-18(22)14-6-7-15(19)16(9-14)20(23)24/h4-9,12H,19H2,1-3H3. The van der Waals surface area contributed by atoms with Crippen LogP contribution in [0.3, 0.4) is 0 Å². The lowest BCUT2D eigenvalue weighted by molar-refractivity contribution is -0.383. The highest BCUT2D eigenvalue weighted by Crippen LogP contribution is 2.23. The number of benzene rings is 2. The average Bonchev–Trinajstić information content (AvgIpc) is 2.56. The van der Waals surface area contributed by atoms with Crippen molar-refractivity contribution in [3.05, 3.63) is 68.8 Å². The fourth-order valence-corrected chi connectivity index (χ4v) is 2.24. The molecule has 0 saturated carbocycles. The number of ketones is 1. The van der Waals surface area contributed by atoms with Crippen LogP contribution in [0, 0.1) is 24.0 Å². The zero-order valence-electron chi connectivity index (χ0n) is 14.1. The molecule has 0 bridgehead atoms. The molecule has 0 aliphatic carbocycles. The summed E-state index contributed by atoms with van der Waals surface area (Å²) < 4.78 is 5.15. The van der Waals surface area contributed by atoms with Gasteiger partial charge in [-0.05, 0) is 50.1 Å². The summed E-state index contributed by atoms with van der Waals surface area (Å²) in [6, 6.07) is 8.83. The molecule has 2 aromatic carbocycles. The summed E-state index contributed by atoms with van der Waals surface area (Å²) in [7, 11) is 0. The second kappa shape index (κ2) is 7.12. The number of carbonyl (C=O) groups excluding carboxylic acids is 2. The van der Waals surface area contributed by atoms with Gasteiger partial charge in [-0.3, -0.25) is 14.9 Å². The summed E-state index contributed by atoms with van der Waals surface area (Å²) in [5.74, 6) is -1.17. The molecule has 2 rings (SSSR count). The number of nitrogen functional groups attached to an aromatic ring is 1. The van der Waals surface area contributed by atoms with Crippen LogP contribution in [0.25, 0.3) is 0 Å². The van der Waals surface area contributed by atoms with Crippen LogP contribution in [-0.2, 0) is 4.74 Å². The second-order valence-corrected chi connectivity index (χ2v) is 5.74. The number of Topliss-reactive ketones (excluding diaryl/α,β-unsaturated/α-hetero) is 1. The molecule has 0 spiro atoms. The number of carbonyl (C=O) groups is 2. The van der Waals surface area contributed by atoms with Crippen LogP contribution in [0.2, 0.25) is 0 Å². The lowest BCUT2D eigenvalue weighted by atomic mass is 10.0. The summed E-state index contributed by atoms with van der Waals surface area (Å²) in [5, 5.41) is 10.9. The first-order valence-electron chi connectivity index (χ1n) is 7.57. The van der Waals surface area contributed by atoms with E-state index in [0.29, 0.717) is 5.56 Å². The van der Waals surface area contributed by atoms with E-state index in [1.54, 1.807) is 12.1 Å². The molecular weight excluding hydrogens is 324 g/mol. The van der Waals surface area contributed by atoms with Crippen molar-refractivity contribution in [2.75, 3.05) is 5.73 Å². The van der Waals surface area contributed by atoms with Gasteiger partial charge in [-0.1, -0.05) is 12.1 Å². The smallest absolute Gasteiger partial charge is 0.339 e. The van der Waals surface area contributed by atoms with Crippen LogP contribution in [0.5, 0.6) is 0 Å². The maximum atomic E-state index is 12.4. The third-order valence-electron chi connectivity index (χ3n) is 3.91. The molecule has 7 heteroatoms. The van der Waals surface area contributed by atoms with Gasteiger partial charge in [0.05, 0.1) is 10.5 Å². The van der Waals surface area contributed by atoms with Crippen molar-refractivity contribution in [2.45, 2.75) is 26.9 Å². The third kappa shape index (κ3) is 4.00. The topological polar surface area (TPSA) is 113 Å².